The Morgan fingerprint density at radius 1 is 1.29 bits per heavy atom. The highest BCUT2D eigenvalue weighted by atomic mass is 16.5. The van der Waals surface area contributed by atoms with Crippen molar-refractivity contribution in [2.24, 2.45) is 17.4 Å². The number of carbonyl (C=O) groups excluding carboxylic acids is 3. The summed E-state index contributed by atoms with van der Waals surface area (Å²) in [7, 11) is 1.48. The van der Waals surface area contributed by atoms with E-state index in [1.807, 2.05) is 6.08 Å². The minimum atomic E-state index is -0.947. The fraction of sp³-hybridized carbons (Fsp3) is 0.400. The molecule has 0 saturated heterocycles. The van der Waals surface area contributed by atoms with Crippen LogP contribution in [0.2, 0.25) is 0 Å². The molecule has 7 N–H and O–H groups in total. The van der Waals surface area contributed by atoms with Gasteiger partial charge in [-0.25, -0.2) is 0 Å². The molecule has 0 spiro atoms. The lowest BCUT2D eigenvalue weighted by Crippen LogP contribution is -2.47. The predicted molar refractivity (Wildman–Crippen MR) is 136 cm³/mol. The fourth-order valence-electron chi connectivity index (χ4n) is 3.81. The number of nitrogens with two attached hydrogens (primary N) is 2. The number of nitrogen functional groups attached to an aromatic ring is 1. The molecule has 1 heterocycles. The van der Waals surface area contributed by atoms with E-state index in [1.165, 1.54) is 13.2 Å². The number of nitrogens with zero attached hydrogens (tertiary/aromatic N) is 1. The molecule has 2 amide bonds. The van der Waals surface area contributed by atoms with Crippen molar-refractivity contribution in [3.8, 4) is 5.75 Å². The van der Waals surface area contributed by atoms with Crippen molar-refractivity contribution in [2.45, 2.75) is 32.7 Å². The van der Waals surface area contributed by atoms with Gasteiger partial charge in [-0.1, -0.05) is 18.2 Å². The monoisotopic (exact) mass is 531 g/mol. The molecule has 206 valence electrons. The summed E-state index contributed by atoms with van der Waals surface area (Å²) in [6.45, 7) is 3.15. The summed E-state index contributed by atoms with van der Waals surface area (Å²) < 4.78 is 16.3. The molecule has 2 aliphatic rings. The molecule has 1 aliphatic carbocycles. The molecule has 0 aromatic heterocycles. The second kappa shape index (κ2) is 13.9. The minimum absolute atomic E-state index is 0.0591. The van der Waals surface area contributed by atoms with E-state index in [0.29, 0.717) is 17.7 Å². The van der Waals surface area contributed by atoms with Crippen LogP contribution in [-0.4, -0.2) is 78.6 Å². The van der Waals surface area contributed by atoms with Crippen LogP contribution in [0.3, 0.4) is 0 Å². The number of benzene rings is 1. The standard InChI is InChI=1S/C23H29N5O6.C2H4O2/c1-3-33-23(28-10-15-6-7-17(32-2)20(30)16(15)11-28)22(31)27-9-14-5-4-13(21(25)26)8-18(14)34-12-19(24)29;1-2(3)4/h4-8,10,16-17,23H,3,9,11-12H2,1-2H3,(H2,24,29)(H3,25,26)(H,27,31);1H3,(H,3,4). The second-order valence-electron chi connectivity index (χ2n) is 8.33. The Labute approximate surface area is 219 Å². The van der Waals surface area contributed by atoms with E-state index in [2.05, 4.69) is 5.32 Å². The van der Waals surface area contributed by atoms with Crippen molar-refractivity contribution in [1.29, 1.82) is 5.41 Å². The van der Waals surface area contributed by atoms with Gasteiger partial charge in [0, 0.05) is 51.1 Å². The number of carbonyl (C=O) groups is 4. The van der Waals surface area contributed by atoms with Gasteiger partial charge in [-0.05, 0) is 24.6 Å². The molecular formula is C25H33N5O8. The third-order valence-electron chi connectivity index (χ3n) is 5.50. The Balaban J connectivity index is 0.00000118. The first-order chi connectivity index (χ1) is 18.0. The number of amidine groups is 1. The van der Waals surface area contributed by atoms with Gasteiger partial charge in [0.15, 0.2) is 12.4 Å². The van der Waals surface area contributed by atoms with Gasteiger partial charge < -0.3 is 41.0 Å². The van der Waals surface area contributed by atoms with Crippen molar-refractivity contribution in [3.05, 3.63) is 53.3 Å². The minimum Gasteiger partial charge on any atom is -0.483 e. The van der Waals surface area contributed by atoms with Crippen LogP contribution < -0.4 is 21.5 Å². The first kappa shape index (κ1) is 30.0. The number of primary amides is 1. The number of Topliss-reactive ketones (excluding diaryl/α,β-unsaturated/α-hetero) is 1. The lowest BCUT2D eigenvalue weighted by molar-refractivity contribution is -0.144. The molecule has 1 aliphatic heterocycles. The fourth-order valence-corrected chi connectivity index (χ4v) is 3.81. The van der Waals surface area contributed by atoms with Crippen LogP contribution in [0.5, 0.6) is 5.75 Å². The molecule has 13 nitrogen and oxygen atoms in total. The van der Waals surface area contributed by atoms with Crippen molar-refractivity contribution in [1.82, 2.24) is 10.2 Å². The molecular weight excluding hydrogens is 498 g/mol. The van der Waals surface area contributed by atoms with Gasteiger partial charge in [-0.2, -0.15) is 0 Å². The van der Waals surface area contributed by atoms with E-state index in [4.69, 9.17) is 41.0 Å². The van der Waals surface area contributed by atoms with Gasteiger partial charge in [-0.15, -0.1) is 0 Å². The summed E-state index contributed by atoms with van der Waals surface area (Å²) in [6, 6.07) is 4.76. The molecule has 1 aromatic rings. The van der Waals surface area contributed by atoms with Gasteiger partial charge in [0.2, 0.25) is 6.23 Å². The quantitative estimate of drug-likeness (QED) is 0.189. The van der Waals surface area contributed by atoms with E-state index >= 15 is 0 Å². The van der Waals surface area contributed by atoms with Crippen LogP contribution in [-0.2, 0) is 35.2 Å². The summed E-state index contributed by atoms with van der Waals surface area (Å²) in [6.07, 6.45) is 3.74. The predicted octanol–water partition coefficient (Wildman–Crippen LogP) is -0.126. The van der Waals surface area contributed by atoms with E-state index in [1.54, 1.807) is 36.2 Å². The molecule has 3 atom stereocenters. The Bertz CT molecular complexity index is 1130. The molecule has 0 saturated carbocycles. The summed E-state index contributed by atoms with van der Waals surface area (Å²) in [4.78, 5) is 47.5. The Hall–Kier alpha value is -4.23. The molecule has 3 unspecified atom stereocenters. The summed E-state index contributed by atoms with van der Waals surface area (Å²) in [5.74, 6) is -2.25. The third-order valence-corrected chi connectivity index (χ3v) is 5.50. The Morgan fingerprint density at radius 2 is 1.97 bits per heavy atom. The number of hydrogen-bond donors (Lipinski definition) is 5. The lowest BCUT2D eigenvalue weighted by atomic mass is 9.88. The summed E-state index contributed by atoms with van der Waals surface area (Å²) >= 11 is 0. The zero-order valence-electron chi connectivity index (χ0n) is 21.4. The third kappa shape index (κ3) is 8.15. The highest BCUT2D eigenvalue weighted by Gasteiger charge is 2.39. The smallest absolute Gasteiger partial charge is 0.300 e. The molecule has 38 heavy (non-hydrogen) atoms. The van der Waals surface area contributed by atoms with Crippen molar-refractivity contribution in [3.63, 3.8) is 0 Å². The normalized spacial score (nSPS) is 18.4. The number of rotatable bonds is 11. The first-order valence-electron chi connectivity index (χ1n) is 11.7. The molecule has 1 aromatic carbocycles. The maximum absolute atomic E-state index is 13.1. The number of allylic oxidation sites excluding steroid dienone is 1. The number of ketones is 1. The van der Waals surface area contributed by atoms with E-state index in [9.17, 15) is 14.4 Å². The number of hydrogen-bond acceptors (Lipinski definition) is 9. The van der Waals surface area contributed by atoms with Crippen molar-refractivity contribution >= 4 is 29.4 Å². The molecule has 13 heteroatoms. The summed E-state index contributed by atoms with van der Waals surface area (Å²) in [5.41, 5.74) is 12.5. The number of carboxylic acid groups (broad SMARTS) is 1. The average Bonchev–Trinajstić information content (AvgIpc) is 3.29. The van der Waals surface area contributed by atoms with Gasteiger partial charge in [-0.3, -0.25) is 24.6 Å². The van der Waals surface area contributed by atoms with Gasteiger partial charge >= 0.3 is 0 Å². The number of nitrogens with one attached hydrogen (secondary N) is 2. The van der Waals surface area contributed by atoms with Crippen LogP contribution in [0.4, 0.5) is 0 Å². The van der Waals surface area contributed by atoms with Crippen LogP contribution in [0.1, 0.15) is 25.0 Å². The van der Waals surface area contributed by atoms with Crippen LogP contribution in [0.25, 0.3) is 0 Å². The van der Waals surface area contributed by atoms with Crippen molar-refractivity contribution in [2.75, 3.05) is 26.9 Å². The number of amides is 2. The van der Waals surface area contributed by atoms with E-state index in [-0.39, 0.29) is 37.1 Å². The zero-order valence-corrected chi connectivity index (χ0v) is 21.4. The number of methoxy groups -OCH3 is 1. The topological polar surface area (TPSA) is 207 Å². The number of aliphatic carboxylic acids is 1. The number of fused-ring (bicyclic) bond motifs is 1. The highest BCUT2D eigenvalue weighted by Crippen LogP contribution is 2.31. The van der Waals surface area contributed by atoms with Gasteiger partial charge in [0.05, 0.1) is 5.92 Å². The second-order valence-corrected chi connectivity index (χ2v) is 8.33. The molecule has 0 fully saturated rings. The van der Waals surface area contributed by atoms with Gasteiger partial charge in [0.25, 0.3) is 17.8 Å². The molecule has 3 rings (SSSR count). The Morgan fingerprint density at radius 3 is 2.55 bits per heavy atom. The molecule has 0 radical (unpaired) electrons. The van der Waals surface area contributed by atoms with Crippen molar-refractivity contribution < 1.29 is 38.5 Å². The maximum Gasteiger partial charge on any atom is 0.300 e. The largest absolute Gasteiger partial charge is 0.483 e. The van der Waals surface area contributed by atoms with Crippen LogP contribution in [0, 0.1) is 11.3 Å². The first-order valence-corrected chi connectivity index (χ1v) is 11.7. The van der Waals surface area contributed by atoms with Crippen LogP contribution >= 0.6 is 0 Å². The maximum atomic E-state index is 13.1. The van der Waals surface area contributed by atoms with E-state index in [0.717, 1.165) is 12.5 Å². The lowest BCUT2D eigenvalue weighted by Gasteiger charge is -2.28. The summed E-state index contributed by atoms with van der Waals surface area (Å²) in [5, 5.41) is 17.8. The number of ether oxygens (including phenoxy) is 3. The zero-order chi connectivity index (χ0) is 28.4. The molecule has 0 bridgehead atoms. The Kier molecular flexibility index (Phi) is 11.0. The van der Waals surface area contributed by atoms with E-state index < -0.39 is 36.0 Å². The van der Waals surface area contributed by atoms with Crippen LogP contribution in [0.15, 0.2) is 42.1 Å². The SMILES string of the molecule is CC(=O)O.CCOC(C(=O)NCc1ccc(C(=N)N)cc1OCC(N)=O)N1C=C2C=CC(OC)C(=O)C2C1. The highest BCUT2D eigenvalue weighted by molar-refractivity contribution is 5.95. The average molecular weight is 532 g/mol. The van der Waals surface area contributed by atoms with Gasteiger partial charge in [0.1, 0.15) is 17.7 Å². The number of carboxylic acids is 1.